The molecule has 1 saturated heterocycles. The molecule has 10 heteroatoms. The number of rotatable bonds is 6. The van der Waals surface area contributed by atoms with Gasteiger partial charge in [0.2, 0.25) is 11.8 Å². The Labute approximate surface area is 189 Å². The maximum Gasteiger partial charge on any atom is 0.229 e. The van der Waals surface area contributed by atoms with E-state index in [0.29, 0.717) is 34.2 Å². The highest BCUT2D eigenvalue weighted by Gasteiger charge is 2.30. The van der Waals surface area contributed by atoms with Crippen molar-refractivity contribution < 1.29 is 13.9 Å². The molecule has 0 bridgehead atoms. The van der Waals surface area contributed by atoms with Gasteiger partial charge >= 0.3 is 0 Å². The molecule has 1 amide bonds. The highest BCUT2D eigenvalue weighted by molar-refractivity contribution is 6.01. The Morgan fingerprint density at radius 2 is 2.06 bits per heavy atom. The monoisotopic (exact) mass is 445 g/mol. The molecule has 10 nitrogen and oxygen atoms in total. The third kappa shape index (κ3) is 3.52. The van der Waals surface area contributed by atoms with Crippen molar-refractivity contribution in [3.63, 3.8) is 0 Å². The highest BCUT2D eigenvalue weighted by atomic mass is 16.5. The fourth-order valence-electron chi connectivity index (χ4n) is 4.05. The summed E-state index contributed by atoms with van der Waals surface area (Å²) in [4.78, 5) is 23.7. The minimum absolute atomic E-state index is 0.0239. The van der Waals surface area contributed by atoms with Crippen LogP contribution in [0.5, 0.6) is 0 Å². The molecule has 0 unspecified atom stereocenters. The summed E-state index contributed by atoms with van der Waals surface area (Å²) in [6.07, 6.45) is 3.81. The number of fused-ring (bicyclic) bond motifs is 2. The van der Waals surface area contributed by atoms with E-state index in [9.17, 15) is 4.79 Å². The highest BCUT2D eigenvalue weighted by Crippen LogP contribution is 2.35. The third-order valence-electron chi connectivity index (χ3n) is 6.22. The van der Waals surface area contributed by atoms with Gasteiger partial charge in [-0.2, -0.15) is 0 Å². The molecule has 0 spiro atoms. The predicted molar refractivity (Wildman–Crippen MR) is 124 cm³/mol. The van der Waals surface area contributed by atoms with Crippen molar-refractivity contribution in [2.45, 2.75) is 18.9 Å². The first kappa shape index (κ1) is 19.9. The number of carbonyl (C=O) groups is 1. The molecule has 0 atom stereocenters. The summed E-state index contributed by atoms with van der Waals surface area (Å²) >= 11 is 0. The fourth-order valence-corrected chi connectivity index (χ4v) is 4.05. The van der Waals surface area contributed by atoms with Crippen LogP contribution in [-0.2, 0) is 9.53 Å². The van der Waals surface area contributed by atoms with Gasteiger partial charge in [0.05, 0.1) is 11.7 Å². The number of benzene rings is 1. The minimum Gasteiger partial charge on any atom is -0.436 e. The molecule has 1 saturated carbocycles. The molecule has 4 aromatic rings. The Morgan fingerprint density at radius 1 is 1.21 bits per heavy atom. The second kappa shape index (κ2) is 7.66. The van der Waals surface area contributed by atoms with Gasteiger partial charge < -0.3 is 24.7 Å². The SMILES string of the molecule is CNc1ncc(-c2nc3cc(N4CC(OC)C4)ccc3o2)c2cc(NC(=O)C3CC3)nnc12. The van der Waals surface area contributed by atoms with E-state index in [1.807, 2.05) is 18.2 Å². The quantitative estimate of drug-likeness (QED) is 0.461. The molecule has 33 heavy (non-hydrogen) atoms. The maximum absolute atomic E-state index is 12.2. The lowest BCUT2D eigenvalue weighted by molar-refractivity contribution is -0.117. The van der Waals surface area contributed by atoms with E-state index in [2.05, 4.69) is 30.7 Å². The van der Waals surface area contributed by atoms with Crippen LogP contribution in [0.4, 0.5) is 17.3 Å². The molecule has 168 valence electrons. The van der Waals surface area contributed by atoms with Gasteiger partial charge in [-0.25, -0.2) is 9.97 Å². The minimum atomic E-state index is -0.0239. The summed E-state index contributed by atoms with van der Waals surface area (Å²) in [5.41, 5.74) is 3.79. The number of hydrogen-bond acceptors (Lipinski definition) is 9. The number of methoxy groups -OCH3 is 1. The molecule has 2 N–H and O–H groups in total. The van der Waals surface area contributed by atoms with Gasteiger partial charge in [0.1, 0.15) is 11.0 Å². The molecule has 2 fully saturated rings. The van der Waals surface area contributed by atoms with Crippen molar-refractivity contribution in [1.29, 1.82) is 0 Å². The van der Waals surface area contributed by atoms with Gasteiger partial charge in [0.15, 0.2) is 17.2 Å². The lowest BCUT2D eigenvalue weighted by Gasteiger charge is -2.39. The lowest BCUT2D eigenvalue weighted by atomic mass is 10.1. The fraction of sp³-hybridized carbons (Fsp3) is 0.348. The number of nitrogens with one attached hydrogen (secondary N) is 2. The van der Waals surface area contributed by atoms with Crippen molar-refractivity contribution in [3.8, 4) is 11.5 Å². The van der Waals surface area contributed by atoms with Gasteiger partial charge in [-0.1, -0.05) is 0 Å². The number of amides is 1. The standard InChI is InChI=1S/C23H23N7O3/c1-24-21-20-15(8-19(28-29-20)27-22(31)12-3-4-12)16(9-25-21)23-26-17-7-13(5-6-18(17)33-23)30-10-14(11-30)32-2/h5-9,12,14H,3-4,10-11H2,1-2H3,(H,24,25)(H,27,28,31). The largest absolute Gasteiger partial charge is 0.436 e. The molecule has 3 aromatic heterocycles. The van der Waals surface area contributed by atoms with E-state index in [4.69, 9.17) is 14.1 Å². The molecular weight excluding hydrogens is 422 g/mol. The molecule has 2 aliphatic rings. The summed E-state index contributed by atoms with van der Waals surface area (Å²) < 4.78 is 11.5. The zero-order chi connectivity index (χ0) is 22.5. The third-order valence-corrected chi connectivity index (χ3v) is 6.22. The number of ether oxygens (including phenoxy) is 1. The molecule has 6 rings (SSSR count). The maximum atomic E-state index is 12.2. The first-order chi connectivity index (χ1) is 16.1. The number of nitrogens with zero attached hydrogens (tertiary/aromatic N) is 5. The molecule has 1 aliphatic heterocycles. The smallest absolute Gasteiger partial charge is 0.229 e. The Balaban J connectivity index is 1.39. The van der Waals surface area contributed by atoms with Crippen LogP contribution in [0, 0.1) is 5.92 Å². The van der Waals surface area contributed by atoms with Crippen LogP contribution in [-0.4, -0.2) is 59.4 Å². The van der Waals surface area contributed by atoms with E-state index in [-0.39, 0.29) is 17.9 Å². The normalized spacial score (nSPS) is 16.2. The Hall–Kier alpha value is -3.79. The van der Waals surface area contributed by atoms with Crippen LogP contribution >= 0.6 is 0 Å². The molecule has 1 aromatic carbocycles. The topological polar surface area (TPSA) is 118 Å². The van der Waals surface area contributed by atoms with Crippen molar-refractivity contribution in [1.82, 2.24) is 20.2 Å². The zero-order valence-electron chi connectivity index (χ0n) is 18.3. The molecule has 1 aliphatic carbocycles. The van der Waals surface area contributed by atoms with E-state index in [1.165, 1.54) is 0 Å². The van der Waals surface area contributed by atoms with Crippen molar-refractivity contribution in [2.24, 2.45) is 5.92 Å². The van der Waals surface area contributed by atoms with Crippen molar-refractivity contribution in [2.75, 3.05) is 42.8 Å². The van der Waals surface area contributed by atoms with E-state index >= 15 is 0 Å². The van der Waals surface area contributed by atoms with Crippen LogP contribution in [0.2, 0.25) is 0 Å². The van der Waals surface area contributed by atoms with E-state index in [0.717, 1.165) is 42.5 Å². The van der Waals surface area contributed by atoms with E-state index in [1.54, 1.807) is 26.4 Å². The summed E-state index contributed by atoms with van der Waals surface area (Å²) in [5.74, 6) is 1.48. The number of carbonyl (C=O) groups excluding carboxylic acids is 1. The van der Waals surface area contributed by atoms with Crippen LogP contribution in [0.15, 0.2) is 34.9 Å². The number of pyridine rings is 1. The summed E-state index contributed by atoms with van der Waals surface area (Å²) in [6, 6.07) is 7.78. The average molecular weight is 445 g/mol. The van der Waals surface area contributed by atoms with E-state index < -0.39 is 0 Å². The van der Waals surface area contributed by atoms with Crippen LogP contribution in [0.3, 0.4) is 0 Å². The number of hydrogen-bond donors (Lipinski definition) is 2. The second-order valence-corrected chi connectivity index (χ2v) is 8.46. The summed E-state index contributed by atoms with van der Waals surface area (Å²) in [5, 5.41) is 15.1. The van der Waals surface area contributed by atoms with Crippen LogP contribution in [0.1, 0.15) is 12.8 Å². The summed E-state index contributed by atoms with van der Waals surface area (Å²) in [6.45, 7) is 1.72. The van der Waals surface area contributed by atoms with Gasteiger partial charge in [0.25, 0.3) is 0 Å². The van der Waals surface area contributed by atoms with Crippen molar-refractivity contribution >= 4 is 45.2 Å². The van der Waals surface area contributed by atoms with Gasteiger partial charge in [-0.3, -0.25) is 4.79 Å². The van der Waals surface area contributed by atoms with Gasteiger partial charge in [-0.05, 0) is 37.1 Å². The number of anilines is 3. The Kier molecular flexibility index (Phi) is 4.61. The average Bonchev–Trinajstić information content (AvgIpc) is 3.57. The first-order valence-electron chi connectivity index (χ1n) is 11.0. The number of oxazole rings is 1. The second-order valence-electron chi connectivity index (χ2n) is 8.46. The summed E-state index contributed by atoms with van der Waals surface area (Å²) in [7, 11) is 3.51. The lowest BCUT2D eigenvalue weighted by Crippen LogP contribution is -2.51. The van der Waals surface area contributed by atoms with Gasteiger partial charge in [-0.15, -0.1) is 10.2 Å². The van der Waals surface area contributed by atoms with Crippen LogP contribution in [0.25, 0.3) is 33.5 Å². The molecular formula is C23H23N7O3. The molecule has 0 radical (unpaired) electrons. The van der Waals surface area contributed by atoms with Crippen LogP contribution < -0.4 is 15.5 Å². The zero-order valence-corrected chi connectivity index (χ0v) is 18.3. The van der Waals surface area contributed by atoms with Crippen molar-refractivity contribution in [3.05, 3.63) is 30.5 Å². The van der Waals surface area contributed by atoms with Gasteiger partial charge in [0, 0.05) is 50.4 Å². The first-order valence-corrected chi connectivity index (χ1v) is 11.0. The Bertz CT molecular complexity index is 1380. The number of aromatic nitrogens is 4. The molecule has 4 heterocycles. The predicted octanol–water partition coefficient (Wildman–Crippen LogP) is 3.06. The Morgan fingerprint density at radius 3 is 2.82 bits per heavy atom.